The van der Waals surface area contributed by atoms with Crippen molar-refractivity contribution >= 4 is 5.91 Å². The first kappa shape index (κ1) is 20.1. The number of amides is 1. The maximum Gasteiger partial charge on any atom is 0.227 e. The monoisotopic (exact) mass is 404 g/mol. The molecule has 0 aliphatic carbocycles. The number of nitrogens with zero attached hydrogens (tertiary/aromatic N) is 2. The minimum atomic E-state index is -0.288. The number of carbonyl (C=O) groups is 1. The molecule has 1 saturated heterocycles. The van der Waals surface area contributed by atoms with Crippen LogP contribution in [0, 0.1) is 5.82 Å². The highest BCUT2D eigenvalue weighted by atomic mass is 19.1. The molecule has 2 aromatic carbocycles. The molecule has 1 fully saturated rings. The summed E-state index contributed by atoms with van der Waals surface area (Å²) in [6.45, 7) is 0.734. The fraction of sp³-hybridized carbons (Fsp3) is 0.280. The molecule has 0 bridgehead atoms. The Bertz CT molecular complexity index is 1000. The first-order valence-corrected chi connectivity index (χ1v) is 10.2. The van der Waals surface area contributed by atoms with Gasteiger partial charge in [-0.2, -0.15) is 0 Å². The lowest BCUT2D eigenvalue weighted by molar-refractivity contribution is -0.131. The third-order valence-electron chi connectivity index (χ3n) is 5.57. The molecular formula is C25H25FN2O2. The van der Waals surface area contributed by atoms with Crippen molar-refractivity contribution in [3.05, 3.63) is 95.1 Å². The lowest BCUT2D eigenvalue weighted by Gasteiger charge is -2.24. The van der Waals surface area contributed by atoms with Crippen molar-refractivity contribution < 1.29 is 13.9 Å². The molecule has 0 saturated carbocycles. The van der Waals surface area contributed by atoms with Crippen LogP contribution in [0.3, 0.4) is 0 Å². The van der Waals surface area contributed by atoms with E-state index in [4.69, 9.17) is 4.74 Å². The number of hydrogen-bond acceptors (Lipinski definition) is 3. The number of aromatic nitrogens is 1. The zero-order chi connectivity index (χ0) is 20.9. The van der Waals surface area contributed by atoms with Gasteiger partial charge in [0.2, 0.25) is 5.91 Å². The molecule has 1 atom stereocenters. The molecule has 1 aliphatic heterocycles. The van der Waals surface area contributed by atoms with Crippen LogP contribution in [0.1, 0.15) is 41.3 Å². The van der Waals surface area contributed by atoms with Crippen LogP contribution < -0.4 is 4.74 Å². The second-order valence-corrected chi connectivity index (χ2v) is 7.67. The van der Waals surface area contributed by atoms with Crippen molar-refractivity contribution in [2.24, 2.45) is 0 Å². The van der Waals surface area contributed by atoms with Crippen molar-refractivity contribution in [3.63, 3.8) is 0 Å². The van der Waals surface area contributed by atoms with Crippen LogP contribution in [0.4, 0.5) is 4.39 Å². The summed E-state index contributed by atoms with van der Waals surface area (Å²) in [7, 11) is 1.67. The number of methoxy groups -OCH3 is 1. The van der Waals surface area contributed by atoms with E-state index >= 15 is 0 Å². The average molecular weight is 404 g/mol. The second kappa shape index (κ2) is 9.08. The molecule has 4 nitrogen and oxygen atoms in total. The van der Waals surface area contributed by atoms with Gasteiger partial charge in [-0.1, -0.05) is 30.3 Å². The van der Waals surface area contributed by atoms with E-state index in [0.29, 0.717) is 0 Å². The van der Waals surface area contributed by atoms with E-state index in [1.165, 1.54) is 17.7 Å². The van der Waals surface area contributed by atoms with Gasteiger partial charge < -0.3 is 9.64 Å². The first-order valence-electron chi connectivity index (χ1n) is 10.2. The Hall–Kier alpha value is -3.21. The standard InChI is InChI=1S/C25H25FN2O2/c1-30-22-5-2-4-19(15-22)14-20-9-12-23(27-17-20)24-6-3-13-28(24)25(29)16-18-7-10-21(26)11-8-18/h2,4-5,7-12,15,17,24H,3,6,13-14,16H2,1H3. The summed E-state index contributed by atoms with van der Waals surface area (Å²) in [4.78, 5) is 19.4. The van der Waals surface area contributed by atoms with Crippen molar-refractivity contribution in [3.8, 4) is 5.75 Å². The highest BCUT2D eigenvalue weighted by Gasteiger charge is 2.30. The Morgan fingerprint density at radius 1 is 1.10 bits per heavy atom. The predicted octanol–water partition coefficient (Wildman–Crippen LogP) is 4.73. The number of hydrogen-bond donors (Lipinski definition) is 0. The van der Waals surface area contributed by atoms with Crippen molar-refractivity contribution in [2.45, 2.75) is 31.7 Å². The zero-order valence-electron chi connectivity index (χ0n) is 17.1. The van der Waals surface area contributed by atoms with Gasteiger partial charge in [0, 0.05) is 12.7 Å². The zero-order valence-corrected chi connectivity index (χ0v) is 17.1. The number of carbonyl (C=O) groups excluding carboxylic acids is 1. The summed E-state index contributed by atoms with van der Waals surface area (Å²) >= 11 is 0. The molecule has 0 N–H and O–H groups in total. The molecule has 3 aromatic rings. The van der Waals surface area contributed by atoms with Crippen LogP contribution >= 0.6 is 0 Å². The highest BCUT2D eigenvalue weighted by Crippen LogP contribution is 2.31. The maximum absolute atomic E-state index is 13.1. The van der Waals surface area contributed by atoms with Gasteiger partial charge in [-0.15, -0.1) is 0 Å². The predicted molar refractivity (Wildman–Crippen MR) is 114 cm³/mol. The van der Waals surface area contributed by atoms with Gasteiger partial charge in [-0.3, -0.25) is 9.78 Å². The summed E-state index contributed by atoms with van der Waals surface area (Å²) in [5.74, 6) is 0.619. The third-order valence-corrected chi connectivity index (χ3v) is 5.57. The molecule has 5 heteroatoms. The molecule has 1 amide bonds. The molecular weight excluding hydrogens is 379 g/mol. The van der Waals surface area contributed by atoms with E-state index in [-0.39, 0.29) is 24.2 Å². The smallest absolute Gasteiger partial charge is 0.227 e. The summed E-state index contributed by atoms with van der Waals surface area (Å²) in [6, 6.07) is 18.3. The van der Waals surface area contributed by atoms with Gasteiger partial charge in [-0.05, 0) is 66.3 Å². The number of halogens is 1. The Morgan fingerprint density at radius 2 is 1.90 bits per heavy atom. The fourth-order valence-electron chi connectivity index (χ4n) is 4.01. The Morgan fingerprint density at radius 3 is 2.63 bits per heavy atom. The minimum absolute atomic E-state index is 0.00353. The third kappa shape index (κ3) is 4.67. The van der Waals surface area contributed by atoms with Crippen molar-refractivity contribution in [1.82, 2.24) is 9.88 Å². The number of pyridine rings is 1. The quantitative estimate of drug-likeness (QED) is 0.597. The van der Waals surface area contributed by atoms with E-state index in [1.807, 2.05) is 35.4 Å². The molecule has 1 aliphatic rings. The van der Waals surface area contributed by atoms with Gasteiger partial charge in [0.05, 0.1) is 25.3 Å². The number of rotatable bonds is 6. The number of likely N-dealkylation sites (tertiary alicyclic amines) is 1. The van der Waals surface area contributed by atoms with Gasteiger partial charge >= 0.3 is 0 Å². The largest absolute Gasteiger partial charge is 0.497 e. The summed E-state index contributed by atoms with van der Waals surface area (Å²) < 4.78 is 18.4. The Labute approximate surface area is 176 Å². The number of ether oxygens (including phenoxy) is 1. The minimum Gasteiger partial charge on any atom is -0.497 e. The van der Waals surface area contributed by atoms with Gasteiger partial charge in [0.25, 0.3) is 0 Å². The van der Waals surface area contributed by atoms with Gasteiger partial charge in [-0.25, -0.2) is 4.39 Å². The summed E-state index contributed by atoms with van der Waals surface area (Å²) in [6.07, 6.45) is 4.84. The normalized spacial score (nSPS) is 15.9. The van der Waals surface area contributed by atoms with Crippen LogP contribution in [-0.2, 0) is 17.6 Å². The molecule has 0 radical (unpaired) electrons. The second-order valence-electron chi connectivity index (χ2n) is 7.67. The first-order chi connectivity index (χ1) is 14.6. The molecule has 30 heavy (non-hydrogen) atoms. The summed E-state index contributed by atoms with van der Waals surface area (Å²) in [5.41, 5.74) is 4.04. The average Bonchev–Trinajstić information content (AvgIpc) is 3.26. The summed E-state index contributed by atoms with van der Waals surface area (Å²) in [5, 5.41) is 0. The molecule has 154 valence electrons. The molecule has 0 spiro atoms. The fourth-order valence-corrected chi connectivity index (χ4v) is 4.01. The van der Waals surface area contributed by atoms with E-state index in [9.17, 15) is 9.18 Å². The number of benzene rings is 2. The van der Waals surface area contributed by atoms with Gasteiger partial charge in [0.15, 0.2) is 0 Å². The highest BCUT2D eigenvalue weighted by molar-refractivity contribution is 5.79. The molecule has 2 heterocycles. The maximum atomic E-state index is 13.1. The van der Waals surface area contributed by atoms with Crippen molar-refractivity contribution in [1.29, 1.82) is 0 Å². The molecule has 4 rings (SSSR count). The van der Waals surface area contributed by atoms with Gasteiger partial charge in [0.1, 0.15) is 11.6 Å². The van der Waals surface area contributed by atoms with E-state index in [2.05, 4.69) is 17.1 Å². The van der Waals surface area contributed by atoms with E-state index < -0.39 is 0 Å². The lowest BCUT2D eigenvalue weighted by Crippen LogP contribution is -2.32. The van der Waals surface area contributed by atoms with Crippen LogP contribution in [0.25, 0.3) is 0 Å². The Balaban J connectivity index is 1.43. The van der Waals surface area contributed by atoms with Crippen molar-refractivity contribution in [2.75, 3.05) is 13.7 Å². The van der Waals surface area contributed by atoms with Crippen LogP contribution in [0.5, 0.6) is 5.75 Å². The topological polar surface area (TPSA) is 42.4 Å². The van der Waals surface area contributed by atoms with E-state index in [0.717, 1.165) is 48.4 Å². The molecule has 1 aromatic heterocycles. The SMILES string of the molecule is COc1cccc(Cc2ccc(C3CCCN3C(=O)Cc3ccc(F)cc3)nc2)c1. The van der Waals surface area contributed by atoms with Crippen LogP contribution in [-0.4, -0.2) is 29.4 Å². The van der Waals surface area contributed by atoms with E-state index in [1.54, 1.807) is 19.2 Å². The lowest BCUT2D eigenvalue weighted by atomic mass is 10.0. The molecule has 1 unspecified atom stereocenters. The van der Waals surface area contributed by atoms with Crippen LogP contribution in [0.15, 0.2) is 66.9 Å². The van der Waals surface area contributed by atoms with Crippen LogP contribution in [0.2, 0.25) is 0 Å². The Kier molecular flexibility index (Phi) is 6.07.